The molecule has 7 heteroatoms. The number of hydrogen-bond donors (Lipinski definition) is 3. The van der Waals surface area contributed by atoms with Crippen molar-refractivity contribution in [2.75, 3.05) is 36.9 Å². The molecule has 1 fully saturated rings. The molecule has 0 radical (unpaired) electrons. The molecule has 1 unspecified atom stereocenters. The maximum atomic E-state index is 12.6. The number of rotatable bonds is 12. The standard InChI is InChI=1S/C29H33N3O4/c33-28(21-30-24-13-6-12-23(19-24)29(34)31-20-25-14-8-17-35-25)32-26-15-4-5-16-27(26)36-18-7-11-22-9-2-1-3-10-22/h1-6,9-10,12-13,15-16,19,25,30H,7-8,11,14,17-18,20-21H2,(H,31,34)(H,32,33). The van der Waals surface area contributed by atoms with Crippen molar-refractivity contribution in [2.45, 2.75) is 31.8 Å². The van der Waals surface area contributed by atoms with E-state index in [2.05, 4.69) is 28.1 Å². The van der Waals surface area contributed by atoms with Crippen LogP contribution in [0.25, 0.3) is 0 Å². The first-order valence-electron chi connectivity index (χ1n) is 12.5. The van der Waals surface area contributed by atoms with Gasteiger partial charge in [0, 0.05) is 24.4 Å². The molecule has 0 spiro atoms. The number of nitrogens with one attached hydrogen (secondary N) is 3. The first-order chi connectivity index (χ1) is 17.7. The van der Waals surface area contributed by atoms with Gasteiger partial charge in [0.25, 0.3) is 5.91 Å². The molecule has 0 bridgehead atoms. The fourth-order valence-corrected chi connectivity index (χ4v) is 4.06. The smallest absolute Gasteiger partial charge is 0.251 e. The molecule has 1 aliphatic heterocycles. The van der Waals surface area contributed by atoms with Gasteiger partial charge in [0.15, 0.2) is 0 Å². The van der Waals surface area contributed by atoms with Gasteiger partial charge in [0.1, 0.15) is 5.75 Å². The van der Waals surface area contributed by atoms with Crippen molar-refractivity contribution in [1.82, 2.24) is 5.32 Å². The number of aryl methyl sites for hydroxylation is 1. The van der Waals surface area contributed by atoms with Crippen LogP contribution in [0.2, 0.25) is 0 Å². The molecule has 3 aromatic carbocycles. The summed E-state index contributed by atoms with van der Waals surface area (Å²) in [5.41, 5.74) is 3.14. The van der Waals surface area contributed by atoms with E-state index in [0.717, 1.165) is 32.3 Å². The first-order valence-corrected chi connectivity index (χ1v) is 12.5. The largest absolute Gasteiger partial charge is 0.491 e. The number of carbonyl (C=O) groups is 2. The van der Waals surface area contributed by atoms with Gasteiger partial charge in [-0.2, -0.15) is 0 Å². The van der Waals surface area contributed by atoms with Gasteiger partial charge in [-0.3, -0.25) is 9.59 Å². The monoisotopic (exact) mass is 487 g/mol. The Hall–Kier alpha value is -3.84. The van der Waals surface area contributed by atoms with Crippen molar-refractivity contribution in [3.8, 4) is 5.75 Å². The molecule has 1 heterocycles. The highest BCUT2D eigenvalue weighted by Gasteiger charge is 2.17. The predicted molar refractivity (Wildman–Crippen MR) is 142 cm³/mol. The third-order valence-corrected chi connectivity index (χ3v) is 5.96. The third kappa shape index (κ3) is 7.85. The second kappa shape index (κ2) is 13.3. The van der Waals surface area contributed by atoms with Crippen molar-refractivity contribution in [3.05, 3.63) is 90.0 Å². The summed E-state index contributed by atoms with van der Waals surface area (Å²) in [7, 11) is 0. The van der Waals surface area contributed by atoms with Gasteiger partial charge < -0.3 is 25.4 Å². The first kappa shape index (κ1) is 25.3. The Kier molecular flexibility index (Phi) is 9.33. The fraction of sp³-hybridized carbons (Fsp3) is 0.310. The molecule has 1 saturated heterocycles. The summed E-state index contributed by atoms with van der Waals surface area (Å²) < 4.78 is 11.5. The molecule has 4 rings (SSSR count). The molecule has 0 aliphatic carbocycles. The third-order valence-electron chi connectivity index (χ3n) is 5.96. The minimum absolute atomic E-state index is 0.0589. The summed E-state index contributed by atoms with van der Waals surface area (Å²) in [6.45, 7) is 1.88. The number of amides is 2. The van der Waals surface area contributed by atoms with E-state index < -0.39 is 0 Å². The lowest BCUT2D eigenvalue weighted by molar-refractivity contribution is -0.114. The van der Waals surface area contributed by atoms with Gasteiger partial charge in [-0.15, -0.1) is 0 Å². The maximum Gasteiger partial charge on any atom is 0.251 e. The molecule has 0 saturated carbocycles. The summed E-state index contributed by atoms with van der Waals surface area (Å²) in [6.07, 6.45) is 3.91. The molecular weight excluding hydrogens is 454 g/mol. The van der Waals surface area contributed by atoms with Crippen LogP contribution in [0.4, 0.5) is 11.4 Å². The van der Waals surface area contributed by atoms with Crippen LogP contribution in [0.3, 0.4) is 0 Å². The van der Waals surface area contributed by atoms with E-state index >= 15 is 0 Å². The summed E-state index contributed by atoms with van der Waals surface area (Å²) in [4.78, 5) is 25.1. The Labute approximate surface area is 212 Å². The molecule has 0 aromatic heterocycles. The van der Waals surface area contributed by atoms with Crippen molar-refractivity contribution >= 4 is 23.2 Å². The van der Waals surface area contributed by atoms with Gasteiger partial charge in [-0.05, 0) is 61.6 Å². The predicted octanol–water partition coefficient (Wildman–Crippen LogP) is 4.66. The van der Waals surface area contributed by atoms with E-state index in [4.69, 9.17) is 9.47 Å². The van der Waals surface area contributed by atoms with Crippen LogP contribution in [0.5, 0.6) is 5.75 Å². The van der Waals surface area contributed by atoms with Crippen LogP contribution in [-0.2, 0) is 16.0 Å². The average Bonchev–Trinajstić information content (AvgIpc) is 3.44. The number of anilines is 2. The molecule has 188 valence electrons. The Bertz CT molecular complexity index is 1130. The molecule has 2 amide bonds. The Morgan fingerprint density at radius 3 is 2.64 bits per heavy atom. The summed E-state index contributed by atoms with van der Waals surface area (Å²) >= 11 is 0. The normalized spacial score (nSPS) is 14.7. The van der Waals surface area contributed by atoms with Crippen LogP contribution in [0, 0.1) is 0 Å². The van der Waals surface area contributed by atoms with E-state index in [1.165, 1.54) is 5.56 Å². The van der Waals surface area contributed by atoms with E-state index in [1.807, 2.05) is 48.5 Å². The van der Waals surface area contributed by atoms with Crippen LogP contribution < -0.4 is 20.7 Å². The van der Waals surface area contributed by atoms with Crippen molar-refractivity contribution in [2.24, 2.45) is 0 Å². The van der Waals surface area contributed by atoms with E-state index in [9.17, 15) is 9.59 Å². The van der Waals surface area contributed by atoms with Gasteiger partial charge in [0.2, 0.25) is 5.91 Å². The molecule has 36 heavy (non-hydrogen) atoms. The second-order valence-electron chi connectivity index (χ2n) is 8.76. The van der Waals surface area contributed by atoms with Gasteiger partial charge >= 0.3 is 0 Å². The van der Waals surface area contributed by atoms with E-state index in [0.29, 0.717) is 35.8 Å². The zero-order valence-corrected chi connectivity index (χ0v) is 20.4. The molecular formula is C29H33N3O4. The highest BCUT2D eigenvalue weighted by molar-refractivity contribution is 5.96. The maximum absolute atomic E-state index is 12.6. The lowest BCUT2D eigenvalue weighted by Gasteiger charge is -2.14. The number of benzene rings is 3. The van der Waals surface area contributed by atoms with Crippen molar-refractivity contribution < 1.29 is 19.1 Å². The van der Waals surface area contributed by atoms with Gasteiger partial charge in [-0.1, -0.05) is 48.5 Å². The number of hydrogen-bond acceptors (Lipinski definition) is 5. The lowest BCUT2D eigenvalue weighted by atomic mass is 10.1. The highest BCUT2D eigenvalue weighted by atomic mass is 16.5. The number of ether oxygens (including phenoxy) is 2. The average molecular weight is 488 g/mol. The minimum atomic E-state index is -0.205. The van der Waals surface area contributed by atoms with Crippen LogP contribution in [0.15, 0.2) is 78.9 Å². The highest BCUT2D eigenvalue weighted by Crippen LogP contribution is 2.24. The topological polar surface area (TPSA) is 88.7 Å². The van der Waals surface area contributed by atoms with Gasteiger partial charge in [0.05, 0.1) is 24.9 Å². The molecule has 1 atom stereocenters. The zero-order chi connectivity index (χ0) is 25.0. The summed E-state index contributed by atoms with van der Waals surface area (Å²) in [5.74, 6) is 0.282. The Morgan fingerprint density at radius 2 is 1.81 bits per heavy atom. The summed E-state index contributed by atoms with van der Waals surface area (Å²) in [5, 5.41) is 8.92. The molecule has 3 N–H and O–H groups in total. The molecule has 3 aromatic rings. The van der Waals surface area contributed by atoms with Crippen LogP contribution in [0.1, 0.15) is 35.2 Å². The van der Waals surface area contributed by atoms with Crippen molar-refractivity contribution in [1.29, 1.82) is 0 Å². The quantitative estimate of drug-likeness (QED) is 0.324. The number of carbonyl (C=O) groups excluding carboxylic acids is 2. The minimum Gasteiger partial charge on any atom is -0.491 e. The van der Waals surface area contributed by atoms with Crippen LogP contribution >= 0.6 is 0 Å². The van der Waals surface area contributed by atoms with E-state index in [1.54, 1.807) is 18.2 Å². The molecule has 1 aliphatic rings. The lowest BCUT2D eigenvalue weighted by Crippen LogP contribution is -2.31. The van der Waals surface area contributed by atoms with Crippen molar-refractivity contribution in [3.63, 3.8) is 0 Å². The van der Waals surface area contributed by atoms with Gasteiger partial charge in [-0.25, -0.2) is 0 Å². The van der Waals surface area contributed by atoms with E-state index in [-0.39, 0.29) is 24.5 Å². The Morgan fingerprint density at radius 1 is 0.972 bits per heavy atom. The Balaban J connectivity index is 1.23. The SMILES string of the molecule is O=C(CNc1cccc(C(=O)NCC2CCCO2)c1)Nc1ccccc1OCCCc1ccccc1. The second-order valence-corrected chi connectivity index (χ2v) is 8.76. The fourth-order valence-electron chi connectivity index (χ4n) is 4.06. The summed E-state index contributed by atoms with van der Waals surface area (Å²) in [6, 6.07) is 24.8. The molecule has 7 nitrogen and oxygen atoms in total. The van der Waals surface area contributed by atoms with Crippen LogP contribution in [-0.4, -0.2) is 44.2 Å². The zero-order valence-electron chi connectivity index (χ0n) is 20.4. The number of para-hydroxylation sites is 2.